The van der Waals surface area contributed by atoms with E-state index in [2.05, 4.69) is 232 Å². The highest BCUT2D eigenvalue weighted by molar-refractivity contribution is 6.17. The van der Waals surface area contributed by atoms with Gasteiger partial charge in [-0.1, -0.05) is 173 Å². The van der Waals surface area contributed by atoms with Gasteiger partial charge in [-0.15, -0.1) is 0 Å². The van der Waals surface area contributed by atoms with Crippen LogP contribution in [0.4, 0.5) is 17.1 Å². The topological polar surface area (TPSA) is 7.65 Å². The number of para-hydroxylation sites is 1. The zero-order valence-electron chi connectivity index (χ0n) is 35.3. The molecule has 10 aromatic rings. The van der Waals surface area contributed by atoms with Crippen LogP contribution in [-0.2, 0) is 10.8 Å². The van der Waals surface area contributed by atoms with Gasteiger partial charge in [0.05, 0.1) is 16.7 Å². The summed E-state index contributed by atoms with van der Waals surface area (Å²) >= 11 is 0. The van der Waals surface area contributed by atoms with E-state index in [0.29, 0.717) is 0 Å². The summed E-state index contributed by atoms with van der Waals surface area (Å²) in [4.78, 5) is 2.48. The summed E-state index contributed by atoms with van der Waals surface area (Å²) in [5, 5.41) is 3.79. The van der Waals surface area contributed by atoms with E-state index in [1.165, 1.54) is 99.6 Å². The number of hydrogen-bond donors (Lipinski definition) is 0. The molecule has 2 nitrogen and oxygen atoms in total. The number of pyridine rings is 1. The van der Waals surface area contributed by atoms with Crippen LogP contribution in [0.5, 0.6) is 0 Å². The van der Waals surface area contributed by atoms with Crippen molar-refractivity contribution in [3.8, 4) is 44.6 Å². The largest absolute Gasteiger partial charge is 0.310 e. The molecular weight excluding hydrogens is 737 g/mol. The zero-order chi connectivity index (χ0) is 41.2. The Balaban J connectivity index is 1.07. The lowest BCUT2D eigenvalue weighted by Gasteiger charge is -2.30. The summed E-state index contributed by atoms with van der Waals surface area (Å²) in [7, 11) is 0. The molecule has 2 aromatic heterocycles. The molecule has 0 N–H and O–H groups in total. The molecule has 0 fully saturated rings. The minimum atomic E-state index is -0.115. The molecule has 2 heterocycles. The molecule has 61 heavy (non-hydrogen) atoms. The van der Waals surface area contributed by atoms with Crippen molar-refractivity contribution >= 4 is 44.3 Å². The number of aromatic nitrogens is 1. The Bertz CT molecular complexity index is 3310. The number of rotatable bonds is 5. The van der Waals surface area contributed by atoms with Gasteiger partial charge in [0, 0.05) is 44.2 Å². The van der Waals surface area contributed by atoms with Crippen molar-refractivity contribution in [2.45, 2.75) is 45.4 Å². The highest BCUT2D eigenvalue weighted by Crippen LogP contribution is 2.53. The van der Waals surface area contributed by atoms with Crippen LogP contribution in [-0.4, -0.2) is 4.40 Å². The zero-order valence-corrected chi connectivity index (χ0v) is 35.3. The second kappa shape index (κ2) is 12.9. The van der Waals surface area contributed by atoms with Gasteiger partial charge in [0.15, 0.2) is 0 Å². The predicted octanol–water partition coefficient (Wildman–Crippen LogP) is 16.0. The maximum absolute atomic E-state index is 2.52. The van der Waals surface area contributed by atoms with Crippen LogP contribution in [0.25, 0.3) is 71.8 Å². The van der Waals surface area contributed by atoms with Crippen molar-refractivity contribution in [3.63, 3.8) is 0 Å². The highest BCUT2D eigenvalue weighted by Gasteiger charge is 2.38. The summed E-state index contributed by atoms with van der Waals surface area (Å²) < 4.78 is 2.52. The quantitative estimate of drug-likeness (QED) is 0.158. The number of hydrogen-bond acceptors (Lipinski definition) is 1. The van der Waals surface area contributed by atoms with Crippen molar-refractivity contribution in [2.24, 2.45) is 0 Å². The molecule has 0 spiro atoms. The summed E-state index contributed by atoms with van der Waals surface area (Å²) in [5.74, 6) is 0. The fourth-order valence-electron chi connectivity index (χ4n) is 11.2. The van der Waals surface area contributed by atoms with E-state index in [1.807, 2.05) is 0 Å². The average molecular weight is 783 g/mol. The lowest BCUT2D eigenvalue weighted by molar-refractivity contribution is 0.660. The van der Waals surface area contributed by atoms with Gasteiger partial charge in [0.25, 0.3) is 0 Å². The first-order chi connectivity index (χ1) is 29.7. The van der Waals surface area contributed by atoms with Crippen molar-refractivity contribution in [1.29, 1.82) is 0 Å². The predicted molar refractivity (Wildman–Crippen MR) is 258 cm³/mol. The van der Waals surface area contributed by atoms with E-state index in [4.69, 9.17) is 0 Å². The van der Waals surface area contributed by atoms with Crippen LogP contribution in [0.1, 0.15) is 55.5 Å². The van der Waals surface area contributed by atoms with Crippen LogP contribution in [0.2, 0.25) is 0 Å². The molecular formula is C59H46N2. The second-order valence-corrected chi connectivity index (χ2v) is 18.1. The Kier molecular flexibility index (Phi) is 7.57. The van der Waals surface area contributed by atoms with Crippen molar-refractivity contribution < 1.29 is 0 Å². The third-order valence-corrected chi connectivity index (χ3v) is 14.1. The van der Waals surface area contributed by atoms with Gasteiger partial charge in [-0.3, -0.25) is 0 Å². The SMILES string of the molecule is Cc1c(-c2ccc(N(c3ccc4c(c3)C(C)(C)c3ccccc3-4)c3ccc4c(c3)C(C)(C)c3ccccc3-4)cc2)c2c3ccccc3c3ccccc3n2c1-c1ccccc1. The lowest BCUT2D eigenvalue weighted by Crippen LogP contribution is -2.18. The molecule has 2 heteroatoms. The standard InChI is InChI=1S/C59H46N2/c1-37-55(57-49-23-10-9-19-43(49)48-22-13-16-26-54(48)61(57)56(37)39-17-7-6-8-18-39)38-27-29-40(30-28-38)60(41-31-33-46-44-20-11-14-24-50(44)58(2,3)52(46)35-41)42-32-34-47-45-21-12-15-25-51(45)59(4,5)53(47)36-42/h6-36H,1-5H3. The van der Waals surface area contributed by atoms with Crippen molar-refractivity contribution in [3.05, 3.63) is 216 Å². The molecule has 0 bridgehead atoms. The minimum Gasteiger partial charge on any atom is -0.310 e. The summed E-state index contributed by atoms with van der Waals surface area (Å²) in [6.07, 6.45) is 0. The van der Waals surface area contributed by atoms with Gasteiger partial charge in [-0.2, -0.15) is 0 Å². The molecule has 8 aromatic carbocycles. The molecule has 0 aliphatic heterocycles. The maximum Gasteiger partial charge on any atom is 0.0622 e. The van der Waals surface area contributed by atoms with Gasteiger partial charge >= 0.3 is 0 Å². The molecule has 0 amide bonds. The van der Waals surface area contributed by atoms with Gasteiger partial charge in [-0.05, 0) is 116 Å². The first-order valence-electron chi connectivity index (χ1n) is 21.6. The molecule has 0 radical (unpaired) electrons. The van der Waals surface area contributed by atoms with Gasteiger partial charge < -0.3 is 9.30 Å². The summed E-state index contributed by atoms with van der Waals surface area (Å²) in [5.41, 5.74) is 22.7. The van der Waals surface area contributed by atoms with E-state index in [9.17, 15) is 0 Å². The Hall–Kier alpha value is -7.16. The van der Waals surface area contributed by atoms with Gasteiger partial charge in [-0.25, -0.2) is 0 Å². The molecule has 0 atom stereocenters. The van der Waals surface area contributed by atoms with Crippen molar-refractivity contribution in [1.82, 2.24) is 4.40 Å². The summed E-state index contributed by atoms with van der Waals surface area (Å²) in [6.45, 7) is 11.8. The van der Waals surface area contributed by atoms with E-state index < -0.39 is 0 Å². The summed E-state index contributed by atoms with van der Waals surface area (Å²) in [6, 6.07) is 70.2. The van der Waals surface area contributed by atoms with Crippen molar-refractivity contribution in [2.75, 3.05) is 4.90 Å². The maximum atomic E-state index is 2.52. The molecule has 0 unspecified atom stereocenters. The van der Waals surface area contributed by atoms with Crippen LogP contribution in [0, 0.1) is 6.92 Å². The molecule has 292 valence electrons. The molecule has 12 rings (SSSR count). The van der Waals surface area contributed by atoms with E-state index in [1.54, 1.807) is 0 Å². The number of nitrogens with zero attached hydrogens (tertiary/aromatic N) is 2. The van der Waals surface area contributed by atoms with E-state index in [0.717, 1.165) is 17.1 Å². The first-order valence-corrected chi connectivity index (χ1v) is 21.6. The van der Waals surface area contributed by atoms with E-state index >= 15 is 0 Å². The molecule has 2 aliphatic carbocycles. The first kappa shape index (κ1) is 35.8. The van der Waals surface area contributed by atoms with Gasteiger partial charge in [0.2, 0.25) is 0 Å². The van der Waals surface area contributed by atoms with Gasteiger partial charge in [0.1, 0.15) is 0 Å². The van der Waals surface area contributed by atoms with Crippen LogP contribution >= 0.6 is 0 Å². The van der Waals surface area contributed by atoms with Crippen LogP contribution < -0.4 is 4.90 Å². The number of benzene rings is 8. The minimum absolute atomic E-state index is 0.115. The molecule has 0 saturated heterocycles. The fourth-order valence-corrected chi connectivity index (χ4v) is 11.2. The van der Waals surface area contributed by atoms with E-state index in [-0.39, 0.29) is 10.8 Å². The Morgan fingerprint density at radius 3 is 1.48 bits per heavy atom. The third kappa shape index (κ3) is 5.03. The fraction of sp³-hybridized carbons (Fsp3) is 0.119. The molecule has 0 saturated carbocycles. The number of fused-ring (bicyclic) bond motifs is 12. The van der Waals surface area contributed by atoms with Crippen LogP contribution in [0.15, 0.2) is 188 Å². The average Bonchev–Trinajstić information content (AvgIpc) is 3.83. The molecule has 2 aliphatic rings. The lowest BCUT2D eigenvalue weighted by atomic mass is 9.82. The van der Waals surface area contributed by atoms with Crippen LogP contribution in [0.3, 0.4) is 0 Å². The monoisotopic (exact) mass is 782 g/mol. The smallest absolute Gasteiger partial charge is 0.0622 e. The number of anilines is 3. The normalized spacial score (nSPS) is 14.2. The highest BCUT2D eigenvalue weighted by atomic mass is 15.1. The Labute approximate surface area is 358 Å². The second-order valence-electron chi connectivity index (χ2n) is 18.1. The third-order valence-electron chi connectivity index (χ3n) is 14.1. The Morgan fingerprint density at radius 1 is 0.393 bits per heavy atom. The Morgan fingerprint density at radius 2 is 0.869 bits per heavy atom.